The third-order valence-electron chi connectivity index (χ3n) is 7.20. The zero-order chi connectivity index (χ0) is 22.3. The smallest absolute Gasteiger partial charge is 0.210 e. The highest BCUT2D eigenvalue weighted by molar-refractivity contribution is 7.92. The molecule has 4 heteroatoms. The maximum absolute atomic E-state index is 13.8. The minimum atomic E-state index is -3.63. The number of aryl methyl sites for hydroxylation is 1. The molecule has 1 aromatic heterocycles. The lowest BCUT2D eigenvalue weighted by Gasteiger charge is -2.24. The van der Waals surface area contributed by atoms with E-state index >= 15 is 0 Å². The molecule has 0 fully saturated rings. The normalized spacial score (nSPS) is 15.3. The number of hydrogen-bond donors (Lipinski definition) is 0. The van der Waals surface area contributed by atoms with Crippen molar-refractivity contribution in [3.05, 3.63) is 113 Å². The van der Waals surface area contributed by atoms with Crippen LogP contribution in [-0.2, 0) is 16.3 Å². The van der Waals surface area contributed by atoms with Gasteiger partial charge in [0.25, 0.3) is 0 Å². The van der Waals surface area contributed by atoms with Crippen molar-refractivity contribution in [2.75, 3.05) is 0 Å². The Morgan fingerprint density at radius 1 is 0.758 bits per heavy atom. The van der Waals surface area contributed by atoms with Gasteiger partial charge in [-0.15, -0.1) is 0 Å². The number of aromatic nitrogens is 1. The monoisotopic (exact) mass is 447 g/mol. The van der Waals surface area contributed by atoms with Crippen LogP contribution in [0, 0.1) is 0 Å². The summed E-state index contributed by atoms with van der Waals surface area (Å²) in [5.74, 6) is 0.0189. The summed E-state index contributed by atoms with van der Waals surface area (Å²) in [7, 11) is -3.63. The lowest BCUT2D eigenvalue weighted by molar-refractivity contribution is 0.594. The Labute approximate surface area is 192 Å². The van der Waals surface area contributed by atoms with Crippen LogP contribution >= 0.6 is 0 Å². The van der Waals surface area contributed by atoms with E-state index in [1.165, 1.54) is 22.3 Å². The maximum Gasteiger partial charge on any atom is 0.210 e. The van der Waals surface area contributed by atoms with Crippen molar-refractivity contribution in [3.8, 4) is 16.8 Å². The van der Waals surface area contributed by atoms with Gasteiger partial charge in [0.15, 0.2) is 0 Å². The first-order chi connectivity index (χ1) is 16.1. The molecular formula is C29H21NO2S. The molecular weight excluding hydrogens is 426 g/mol. The summed E-state index contributed by atoms with van der Waals surface area (Å²) in [4.78, 5) is 0.796. The van der Waals surface area contributed by atoms with Gasteiger partial charge >= 0.3 is 0 Å². The van der Waals surface area contributed by atoms with E-state index in [2.05, 4.69) is 72.2 Å². The molecule has 33 heavy (non-hydrogen) atoms. The second-order valence-corrected chi connectivity index (χ2v) is 10.7. The molecule has 4 aromatic carbocycles. The average molecular weight is 448 g/mol. The molecule has 0 amide bonds. The number of nitrogens with zero attached hydrogens (tertiary/aromatic N) is 1. The molecule has 1 aliphatic heterocycles. The van der Waals surface area contributed by atoms with E-state index in [1.807, 2.05) is 24.3 Å². The fourth-order valence-corrected chi connectivity index (χ4v) is 7.46. The van der Waals surface area contributed by atoms with E-state index in [-0.39, 0.29) is 5.92 Å². The van der Waals surface area contributed by atoms with Crippen LogP contribution < -0.4 is 0 Å². The molecule has 160 valence electrons. The van der Waals surface area contributed by atoms with Gasteiger partial charge < -0.3 is 4.57 Å². The van der Waals surface area contributed by atoms with Gasteiger partial charge in [0.05, 0.1) is 21.0 Å². The fraction of sp³-hybridized carbons (Fsp3) is 0.103. The average Bonchev–Trinajstić information content (AvgIpc) is 3.39. The first-order valence-electron chi connectivity index (χ1n) is 11.3. The first-order valence-corrected chi connectivity index (χ1v) is 12.8. The summed E-state index contributed by atoms with van der Waals surface area (Å²) in [5.41, 5.74) is 8.59. The molecule has 2 aliphatic rings. The molecule has 0 saturated heterocycles. The number of hydrogen-bond acceptors (Lipinski definition) is 2. The predicted molar refractivity (Wildman–Crippen MR) is 131 cm³/mol. The summed E-state index contributed by atoms with van der Waals surface area (Å²) in [6, 6.07) is 30.6. The number of fused-ring (bicyclic) bond motifs is 5. The van der Waals surface area contributed by atoms with E-state index < -0.39 is 9.84 Å². The Hall–Kier alpha value is -3.63. The van der Waals surface area contributed by atoms with Crippen LogP contribution in [-0.4, -0.2) is 13.0 Å². The second-order valence-electron chi connectivity index (χ2n) is 8.86. The highest BCUT2D eigenvalue weighted by atomic mass is 32.2. The van der Waals surface area contributed by atoms with Gasteiger partial charge in [0, 0.05) is 17.0 Å². The van der Waals surface area contributed by atoms with Gasteiger partial charge in [-0.05, 0) is 58.5 Å². The molecule has 7 rings (SSSR count). The largest absolute Gasteiger partial charge is 0.311 e. The molecule has 0 bridgehead atoms. The number of benzene rings is 4. The molecule has 2 heterocycles. The molecule has 0 unspecified atom stereocenters. The van der Waals surface area contributed by atoms with E-state index in [4.69, 9.17) is 0 Å². The number of rotatable bonds is 2. The Bertz CT molecular complexity index is 1680. The van der Waals surface area contributed by atoms with Gasteiger partial charge in [-0.1, -0.05) is 73.7 Å². The van der Waals surface area contributed by atoms with Crippen LogP contribution in [0.25, 0.3) is 27.7 Å². The van der Waals surface area contributed by atoms with E-state index in [1.54, 1.807) is 6.07 Å². The molecule has 5 aromatic rings. The molecule has 0 N–H and O–H groups in total. The highest BCUT2D eigenvalue weighted by Gasteiger charge is 2.35. The number of sulfone groups is 1. The van der Waals surface area contributed by atoms with Crippen molar-refractivity contribution >= 4 is 20.7 Å². The van der Waals surface area contributed by atoms with Crippen LogP contribution in [0.5, 0.6) is 0 Å². The van der Waals surface area contributed by atoms with Gasteiger partial charge in [-0.25, -0.2) is 8.42 Å². The Kier molecular flexibility index (Phi) is 3.70. The van der Waals surface area contributed by atoms with Gasteiger partial charge in [0.2, 0.25) is 9.84 Å². The topological polar surface area (TPSA) is 39.1 Å². The Morgan fingerprint density at radius 3 is 2.15 bits per heavy atom. The third kappa shape index (κ3) is 2.36. The Morgan fingerprint density at radius 2 is 1.45 bits per heavy atom. The summed E-state index contributed by atoms with van der Waals surface area (Å²) in [5, 5.41) is 0.973. The Balaban J connectivity index is 1.52. The van der Waals surface area contributed by atoms with Crippen molar-refractivity contribution < 1.29 is 8.42 Å². The van der Waals surface area contributed by atoms with Gasteiger partial charge in [-0.3, -0.25) is 0 Å². The summed E-state index contributed by atoms with van der Waals surface area (Å²) >= 11 is 0. The second kappa shape index (κ2) is 6.46. The summed E-state index contributed by atoms with van der Waals surface area (Å²) in [6.07, 6.45) is 0.832. The molecule has 0 spiro atoms. The molecule has 0 atom stereocenters. The predicted octanol–water partition coefficient (Wildman–Crippen LogP) is 6.50. The van der Waals surface area contributed by atoms with E-state index in [0.717, 1.165) is 34.3 Å². The number of para-hydroxylation sites is 1. The van der Waals surface area contributed by atoms with Crippen molar-refractivity contribution in [2.45, 2.75) is 29.1 Å². The molecule has 3 nitrogen and oxygen atoms in total. The van der Waals surface area contributed by atoms with Crippen LogP contribution in [0.4, 0.5) is 0 Å². The zero-order valence-electron chi connectivity index (χ0n) is 18.1. The lowest BCUT2D eigenvalue weighted by atomic mass is 9.89. The summed E-state index contributed by atoms with van der Waals surface area (Å²) < 4.78 is 29.8. The third-order valence-corrected chi connectivity index (χ3v) is 9.01. The fourth-order valence-electron chi connectivity index (χ4n) is 5.78. The van der Waals surface area contributed by atoms with Crippen LogP contribution in [0.1, 0.15) is 35.2 Å². The lowest BCUT2D eigenvalue weighted by Crippen LogP contribution is -2.16. The quantitative estimate of drug-likeness (QED) is 0.303. The van der Waals surface area contributed by atoms with E-state index in [9.17, 15) is 8.42 Å². The molecule has 0 radical (unpaired) electrons. The van der Waals surface area contributed by atoms with E-state index in [0.29, 0.717) is 9.79 Å². The van der Waals surface area contributed by atoms with Gasteiger partial charge in [-0.2, -0.15) is 0 Å². The molecule has 0 saturated carbocycles. The highest BCUT2D eigenvalue weighted by Crippen LogP contribution is 2.49. The first kappa shape index (κ1) is 18.9. The maximum atomic E-state index is 13.8. The minimum absolute atomic E-state index is 0.0189. The standard InChI is InChI=1S/C29H21NO2S/c1-2-20-16-19-8-7-13-26-29(19)30(20)25-15-14-18(17-27(25)33(26,31)32)28-23-11-5-3-9-21(23)22-10-4-6-12-24(22)28/h3-17,28H,2H2,1H3. The van der Waals surface area contributed by atoms with Crippen molar-refractivity contribution in [3.63, 3.8) is 0 Å². The molecule has 1 aliphatic carbocycles. The minimum Gasteiger partial charge on any atom is -0.311 e. The van der Waals surface area contributed by atoms with Crippen molar-refractivity contribution in [1.29, 1.82) is 0 Å². The SMILES string of the molecule is CCc1cc2cccc3c2n1-c1ccc(C2c4ccccc4-c4ccccc42)cc1S3(=O)=O. The van der Waals surface area contributed by atoms with Crippen molar-refractivity contribution in [1.82, 2.24) is 4.57 Å². The zero-order valence-corrected chi connectivity index (χ0v) is 18.9. The van der Waals surface area contributed by atoms with Crippen LogP contribution in [0.15, 0.2) is 101 Å². The van der Waals surface area contributed by atoms with Crippen LogP contribution in [0.2, 0.25) is 0 Å². The van der Waals surface area contributed by atoms with Gasteiger partial charge in [0.1, 0.15) is 0 Å². The van der Waals surface area contributed by atoms with Crippen LogP contribution in [0.3, 0.4) is 0 Å². The van der Waals surface area contributed by atoms with Crippen molar-refractivity contribution in [2.24, 2.45) is 0 Å². The summed E-state index contributed by atoms with van der Waals surface area (Å²) in [6.45, 7) is 2.11.